The van der Waals surface area contributed by atoms with Gasteiger partial charge in [0.1, 0.15) is 0 Å². The average molecular weight is 327 g/mol. The molecule has 0 saturated heterocycles. The Bertz CT molecular complexity index is 796. The fourth-order valence-electron chi connectivity index (χ4n) is 2.81. The third kappa shape index (κ3) is 3.37. The summed E-state index contributed by atoms with van der Waals surface area (Å²) < 4.78 is 17.7. The van der Waals surface area contributed by atoms with Gasteiger partial charge in [0.05, 0.1) is 12.2 Å². The lowest BCUT2D eigenvalue weighted by atomic mass is 10.1. The Kier molecular flexibility index (Phi) is 4.74. The maximum Gasteiger partial charge on any atom is 0.174 e. The molecule has 0 amide bonds. The molecule has 3 rings (SSSR count). The molecule has 2 unspecified atom stereocenters. The van der Waals surface area contributed by atoms with Gasteiger partial charge in [-0.1, -0.05) is 25.2 Å². The third-order valence-electron chi connectivity index (χ3n) is 4.09. The van der Waals surface area contributed by atoms with Crippen LogP contribution >= 0.6 is 0 Å². The minimum absolute atomic E-state index is 0.0652. The molecule has 0 fully saturated rings. The van der Waals surface area contributed by atoms with Crippen molar-refractivity contribution in [3.63, 3.8) is 0 Å². The Balaban J connectivity index is 1.82. The summed E-state index contributed by atoms with van der Waals surface area (Å²) in [5, 5.41) is 8.59. The molecule has 126 valence electrons. The van der Waals surface area contributed by atoms with Crippen molar-refractivity contribution in [1.29, 1.82) is 0 Å². The standard InChI is InChI=1S/C18H22FN5/c1-4-5-6-7-13(2)16-10-15(19)18-21-17(22-24(16)18)9-8-14-11-20-23(3)12-14/h5-9,11-12,15-16H,4,10H2,1-3H3/b6-5-,9-8+,13-7+. The molecule has 1 aliphatic rings. The highest BCUT2D eigenvalue weighted by atomic mass is 19.1. The van der Waals surface area contributed by atoms with Crippen molar-refractivity contribution >= 4 is 12.2 Å². The normalized spacial score (nSPS) is 21.2. The summed E-state index contributed by atoms with van der Waals surface area (Å²) in [5.74, 6) is 0.941. The number of halogens is 1. The van der Waals surface area contributed by atoms with Gasteiger partial charge < -0.3 is 0 Å². The Morgan fingerprint density at radius 1 is 1.42 bits per heavy atom. The van der Waals surface area contributed by atoms with E-state index in [-0.39, 0.29) is 6.04 Å². The van der Waals surface area contributed by atoms with Crippen molar-refractivity contribution in [1.82, 2.24) is 24.5 Å². The first-order valence-electron chi connectivity index (χ1n) is 8.19. The first-order chi connectivity index (χ1) is 11.6. The van der Waals surface area contributed by atoms with Crippen molar-refractivity contribution in [2.45, 2.75) is 38.9 Å². The molecule has 0 spiro atoms. The van der Waals surface area contributed by atoms with Crippen LogP contribution in [0.1, 0.15) is 56.1 Å². The van der Waals surface area contributed by atoms with Crippen molar-refractivity contribution in [2.75, 3.05) is 0 Å². The van der Waals surface area contributed by atoms with Crippen LogP contribution in [0.15, 0.2) is 36.2 Å². The van der Waals surface area contributed by atoms with E-state index in [9.17, 15) is 4.39 Å². The Morgan fingerprint density at radius 2 is 2.25 bits per heavy atom. The summed E-state index contributed by atoms with van der Waals surface area (Å²) in [7, 11) is 1.86. The quantitative estimate of drug-likeness (QED) is 0.778. The number of nitrogens with zero attached hydrogens (tertiary/aromatic N) is 5. The van der Waals surface area contributed by atoms with E-state index in [1.807, 2.05) is 38.4 Å². The van der Waals surface area contributed by atoms with Gasteiger partial charge in [-0.25, -0.2) is 14.1 Å². The van der Waals surface area contributed by atoms with Gasteiger partial charge in [-0.15, -0.1) is 0 Å². The third-order valence-corrected chi connectivity index (χ3v) is 4.09. The molecule has 1 aliphatic heterocycles. The molecule has 0 bridgehead atoms. The lowest BCUT2D eigenvalue weighted by Gasteiger charge is -2.11. The Hall–Kier alpha value is -2.50. The minimum Gasteiger partial charge on any atom is -0.275 e. The van der Waals surface area contributed by atoms with Crippen LogP contribution in [-0.4, -0.2) is 24.5 Å². The van der Waals surface area contributed by atoms with E-state index >= 15 is 0 Å². The predicted molar refractivity (Wildman–Crippen MR) is 92.8 cm³/mol. The summed E-state index contributed by atoms with van der Waals surface area (Å²) in [6, 6.07) is -0.0652. The van der Waals surface area contributed by atoms with Gasteiger partial charge in [0.25, 0.3) is 0 Å². The zero-order valence-corrected chi connectivity index (χ0v) is 14.2. The minimum atomic E-state index is -1.07. The van der Waals surface area contributed by atoms with E-state index in [1.165, 1.54) is 0 Å². The molecule has 6 heteroatoms. The van der Waals surface area contributed by atoms with Crippen LogP contribution in [0.25, 0.3) is 12.2 Å². The van der Waals surface area contributed by atoms with Crippen molar-refractivity contribution in [2.24, 2.45) is 7.05 Å². The lowest BCUT2D eigenvalue weighted by molar-refractivity contribution is 0.327. The van der Waals surface area contributed by atoms with Crippen LogP contribution < -0.4 is 0 Å². The van der Waals surface area contributed by atoms with E-state index in [4.69, 9.17) is 0 Å². The van der Waals surface area contributed by atoms with Crippen molar-refractivity contribution in [3.05, 3.63) is 53.4 Å². The number of aromatic nitrogens is 5. The maximum atomic E-state index is 14.3. The van der Waals surface area contributed by atoms with Gasteiger partial charge in [0.2, 0.25) is 0 Å². The zero-order valence-electron chi connectivity index (χ0n) is 14.2. The zero-order chi connectivity index (χ0) is 17.1. The second-order valence-electron chi connectivity index (χ2n) is 6.02. The van der Waals surface area contributed by atoms with Crippen LogP contribution in [0.4, 0.5) is 4.39 Å². The number of rotatable bonds is 5. The van der Waals surface area contributed by atoms with E-state index in [2.05, 4.69) is 28.2 Å². The summed E-state index contributed by atoms with van der Waals surface area (Å²) in [5.41, 5.74) is 2.05. The van der Waals surface area contributed by atoms with E-state index in [0.29, 0.717) is 18.1 Å². The molecule has 0 aromatic carbocycles. The van der Waals surface area contributed by atoms with Gasteiger partial charge in [-0.3, -0.25) is 4.68 Å². The van der Waals surface area contributed by atoms with Crippen LogP contribution in [0.3, 0.4) is 0 Å². The molecule has 24 heavy (non-hydrogen) atoms. The number of allylic oxidation sites excluding steroid dienone is 4. The summed E-state index contributed by atoms with van der Waals surface area (Å²) in [6.07, 6.45) is 13.8. The highest BCUT2D eigenvalue weighted by molar-refractivity contribution is 5.65. The Labute approximate surface area is 141 Å². The molecule has 0 aliphatic carbocycles. The first-order valence-corrected chi connectivity index (χ1v) is 8.19. The van der Waals surface area contributed by atoms with Crippen LogP contribution in [0.5, 0.6) is 0 Å². The van der Waals surface area contributed by atoms with Crippen LogP contribution in [0, 0.1) is 0 Å². The smallest absolute Gasteiger partial charge is 0.174 e. The Morgan fingerprint density at radius 3 is 2.96 bits per heavy atom. The number of alkyl halides is 1. The van der Waals surface area contributed by atoms with Crippen molar-refractivity contribution < 1.29 is 4.39 Å². The number of fused-ring (bicyclic) bond motifs is 1. The molecule has 0 saturated carbocycles. The van der Waals surface area contributed by atoms with Gasteiger partial charge in [-0.05, 0) is 31.1 Å². The topological polar surface area (TPSA) is 48.5 Å². The lowest BCUT2D eigenvalue weighted by Crippen LogP contribution is -2.07. The molecular weight excluding hydrogens is 305 g/mol. The van der Waals surface area contributed by atoms with E-state index in [1.54, 1.807) is 21.6 Å². The highest BCUT2D eigenvalue weighted by Gasteiger charge is 2.34. The first kappa shape index (κ1) is 16.4. The maximum absolute atomic E-state index is 14.3. The van der Waals surface area contributed by atoms with Crippen LogP contribution in [-0.2, 0) is 7.05 Å². The monoisotopic (exact) mass is 327 g/mol. The van der Waals surface area contributed by atoms with Crippen molar-refractivity contribution in [3.8, 4) is 0 Å². The van der Waals surface area contributed by atoms with Gasteiger partial charge in [0, 0.05) is 25.2 Å². The van der Waals surface area contributed by atoms with Gasteiger partial charge in [-0.2, -0.15) is 10.2 Å². The summed E-state index contributed by atoms with van der Waals surface area (Å²) >= 11 is 0. The SMILES string of the molecule is CC/C=C\C=C(/C)C1CC(F)c2nc(/C=C/c3cnn(C)c3)nn21. The average Bonchev–Trinajstić information content (AvgIpc) is 3.22. The largest absolute Gasteiger partial charge is 0.275 e. The van der Waals surface area contributed by atoms with Gasteiger partial charge in [0.15, 0.2) is 17.8 Å². The number of hydrogen-bond acceptors (Lipinski definition) is 3. The van der Waals surface area contributed by atoms with Gasteiger partial charge >= 0.3 is 0 Å². The molecule has 3 heterocycles. The second-order valence-corrected chi connectivity index (χ2v) is 6.02. The number of aryl methyl sites for hydroxylation is 1. The summed E-state index contributed by atoms with van der Waals surface area (Å²) in [4.78, 5) is 4.34. The molecular formula is C18H22FN5. The molecule has 2 aromatic rings. The molecule has 5 nitrogen and oxygen atoms in total. The molecule has 2 atom stereocenters. The van der Waals surface area contributed by atoms with E-state index < -0.39 is 6.17 Å². The highest BCUT2D eigenvalue weighted by Crippen LogP contribution is 2.39. The fourth-order valence-corrected chi connectivity index (χ4v) is 2.81. The fraction of sp³-hybridized carbons (Fsp3) is 0.389. The second kappa shape index (κ2) is 6.95. The molecule has 0 radical (unpaired) electrons. The molecule has 0 N–H and O–H groups in total. The molecule has 2 aromatic heterocycles. The predicted octanol–water partition coefficient (Wildman–Crippen LogP) is 4.05. The van der Waals surface area contributed by atoms with Crippen LogP contribution in [0.2, 0.25) is 0 Å². The van der Waals surface area contributed by atoms with E-state index in [0.717, 1.165) is 17.6 Å². The summed E-state index contributed by atoms with van der Waals surface area (Å²) in [6.45, 7) is 4.10. The number of hydrogen-bond donors (Lipinski definition) is 0.